The van der Waals surface area contributed by atoms with Crippen LogP contribution in [0.1, 0.15) is 44.7 Å². The third-order valence-corrected chi connectivity index (χ3v) is 3.50. The number of rotatable bonds is 6. The van der Waals surface area contributed by atoms with Gasteiger partial charge in [0.05, 0.1) is 0 Å². The minimum atomic E-state index is 0.471. The molecule has 0 aliphatic rings. The zero-order chi connectivity index (χ0) is 12.0. The molecule has 0 bridgehead atoms. The molecule has 1 unspecified atom stereocenters. The van der Waals surface area contributed by atoms with Crippen LogP contribution in [-0.4, -0.2) is 6.54 Å². The van der Waals surface area contributed by atoms with Crippen molar-refractivity contribution in [1.29, 1.82) is 0 Å². The molecular formula is C13H19Br2N. The van der Waals surface area contributed by atoms with Crippen molar-refractivity contribution < 1.29 is 0 Å². The van der Waals surface area contributed by atoms with Crippen LogP contribution in [-0.2, 0) is 0 Å². The van der Waals surface area contributed by atoms with Crippen molar-refractivity contribution >= 4 is 31.9 Å². The highest BCUT2D eigenvalue weighted by atomic mass is 79.9. The maximum absolute atomic E-state index is 3.55. The molecule has 0 aromatic heterocycles. The third kappa shape index (κ3) is 4.56. The quantitative estimate of drug-likeness (QED) is 0.758. The Balaban J connectivity index is 2.82. The van der Waals surface area contributed by atoms with E-state index in [-0.39, 0.29) is 0 Å². The Hall–Kier alpha value is 0.140. The van der Waals surface area contributed by atoms with Gasteiger partial charge >= 0.3 is 0 Å². The lowest BCUT2D eigenvalue weighted by molar-refractivity contribution is 0.494. The van der Waals surface area contributed by atoms with E-state index in [0.29, 0.717) is 6.04 Å². The SMILES string of the molecule is CCCCC(NCC)c1cc(Br)cc(Br)c1. The van der Waals surface area contributed by atoms with Gasteiger partial charge in [0, 0.05) is 15.0 Å². The Labute approximate surface area is 115 Å². The van der Waals surface area contributed by atoms with E-state index in [4.69, 9.17) is 0 Å². The molecule has 0 fully saturated rings. The summed E-state index contributed by atoms with van der Waals surface area (Å²) in [5.74, 6) is 0. The van der Waals surface area contributed by atoms with Gasteiger partial charge in [-0.1, -0.05) is 58.5 Å². The molecule has 0 heterocycles. The van der Waals surface area contributed by atoms with Crippen LogP contribution in [0.3, 0.4) is 0 Å². The fourth-order valence-corrected chi connectivity index (χ4v) is 3.15. The molecule has 0 amide bonds. The first-order chi connectivity index (χ1) is 7.67. The normalized spacial score (nSPS) is 12.8. The highest BCUT2D eigenvalue weighted by molar-refractivity contribution is 9.11. The Morgan fingerprint density at radius 1 is 1.12 bits per heavy atom. The van der Waals surface area contributed by atoms with E-state index >= 15 is 0 Å². The van der Waals surface area contributed by atoms with E-state index in [9.17, 15) is 0 Å². The maximum atomic E-state index is 3.55. The molecule has 1 atom stereocenters. The van der Waals surface area contributed by atoms with E-state index < -0.39 is 0 Å². The Bertz CT molecular complexity index is 305. The van der Waals surface area contributed by atoms with Gasteiger partial charge in [-0.3, -0.25) is 0 Å². The van der Waals surface area contributed by atoms with Crippen molar-refractivity contribution in [3.63, 3.8) is 0 Å². The average Bonchev–Trinajstić information content (AvgIpc) is 2.22. The van der Waals surface area contributed by atoms with Gasteiger partial charge < -0.3 is 5.32 Å². The predicted molar refractivity (Wildman–Crippen MR) is 77.8 cm³/mol. The number of hydrogen-bond acceptors (Lipinski definition) is 1. The van der Waals surface area contributed by atoms with Crippen LogP contribution in [0.4, 0.5) is 0 Å². The predicted octanol–water partition coefficient (Wildman–Crippen LogP) is 5.05. The summed E-state index contributed by atoms with van der Waals surface area (Å²) in [5, 5.41) is 3.55. The molecule has 90 valence electrons. The fourth-order valence-electron chi connectivity index (χ4n) is 1.82. The Kier molecular flexibility index (Phi) is 6.62. The van der Waals surface area contributed by atoms with Crippen molar-refractivity contribution in [3.05, 3.63) is 32.7 Å². The molecule has 1 rings (SSSR count). The van der Waals surface area contributed by atoms with Crippen LogP contribution in [0.5, 0.6) is 0 Å². The summed E-state index contributed by atoms with van der Waals surface area (Å²) < 4.78 is 2.27. The highest BCUT2D eigenvalue weighted by Gasteiger charge is 2.10. The fraction of sp³-hybridized carbons (Fsp3) is 0.538. The van der Waals surface area contributed by atoms with Crippen LogP contribution < -0.4 is 5.32 Å². The Morgan fingerprint density at radius 3 is 2.25 bits per heavy atom. The minimum Gasteiger partial charge on any atom is -0.310 e. The summed E-state index contributed by atoms with van der Waals surface area (Å²) in [7, 11) is 0. The van der Waals surface area contributed by atoms with Gasteiger partial charge in [-0.05, 0) is 36.7 Å². The third-order valence-electron chi connectivity index (χ3n) is 2.58. The van der Waals surface area contributed by atoms with E-state index in [1.807, 2.05) is 0 Å². The number of nitrogens with one attached hydrogen (secondary N) is 1. The first-order valence-corrected chi connectivity index (χ1v) is 7.45. The number of hydrogen-bond donors (Lipinski definition) is 1. The van der Waals surface area contributed by atoms with Gasteiger partial charge in [-0.2, -0.15) is 0 Å². The van der Waals surface area contributed by atoms with E-state index in [0.717, 1.165) is 15.5 Å². The van der Waals surface area contributed by atoms with E-state index in [2.05, 4.69) is 69.2 Å². The summed E-state index contributed by atoms with van der Waals surface area (Å²) >= 11 is 7.09. The smallest absolute Gasteiger partial charge is 0.0320 e. The summed E-state index contributed by atoms with van der Waals surface area (Å²) in [6, 6.07) is 6.95. The van der Waals surface area contributed by atoms with Gasteiger partial charge in [0.1, 0.15) is 0 Å². The van der Waals surface area contributed by atoms with E-state index in [1.54, 1.807) is 0 Å². The standard InChI is InChI=1S/C13H19Br2N/c1-3-5-6-13(16-4-2)10-7-11(14)9-12(15)8-10/h7-9,13,16H,3-6H2,1-2H3. The molecule has 16 heavy (non-hydrogen) atoms. The van der Waals surface area contributed by atoms with Crippen LogP contribution in [0.2, 0.25) is 0 Å². The first-order valence-electron chi connectivity index (χ1n) is 5.86. The van der Waals surface area contributed by atoms with Gasteiger partial charge in [0.15, 0.2) is 0 Å². The number of halogens is 2. The molecule has 1 aromatic carbocycles. The van der Waals surface area contributed by atoms with Crippen LogP contribution >= 0.6 is 31.9 Å². The molecule has 1 nitrogen and oxygen atoms in total. The summed E-state index contributed by atoms with van der Waals surface area (Å²) in [5.41, 5.74) is 1.36. The lowest BCUT2D eigenvalue weighted by Gasteiger charge is -2.18. The highest BCUT2D eigenvalue weighted by Crippen LogP contribution is 2.26. The van der Waals surface area contributed by atoms with E-state index in [1.165, 1.54) is 24.8 Å². The monoisotopic (exact) mass is 347 g/mol. The first kappa shape index (κ1) is 14.2. The lowest BCUT2D eigenvalue weighted by Crippen LogP contribution is -2.20. The second-order valence-electron chi connectivity index (χ2n) is 3.96. The van der Waals surface area contributed by atoms with Gasteiger partial charge in [0.25, 0.3) is 0 Å². The molecule has 3 heteroatoms. The number of benzene rings is 1. The minimum absolute atomic E-state index is 0.471. The van der Waals surface area contributed by atoms with Crippen molar-refractivity contribution in [2.75, 3.05) is 6.54 Å². The molecule has 0 radical (unpaired) electrons. The van der Waals surface area contributed by atoms with Crippen LogP contribution in [0.15, 0.2) is 27.1 Å². The Morgan fingerprint density at radius 2 is 1.75 bits per heavy atom. The van der Waals surface area contributed by atoms with Crippen LogP contribution in [0, 0.1) is 0 Å². The zero-order valence-corrected chi connectivity index (χ0v) is 13.1. The van der Waals surface area contributed by atoms with Crippen molar-refractivity contribution in [2.24, 2.45) is 0 Å². The molecule has 0 saturated carbocycles. The van der Waals surface area contributed by atoms with Crippen LogP contribution in [0.25, 0.3) is 0 Å². The largest absolute Gasteiger partial charge is 0.310 e. The lowest BCUT2D eigenvalue weighted by atomic mass is 10.0. The molecular weight excluding hydrogens is 330 g/mol. The average molecular weight is 349 g/mol. The maximum Gasteiger partial charge on any atom is 0.0320 e. The summed E-state index contributed by atoms with van der Waals surface area (Å²) in [6.45, 7) is 5.41. The van der Waals surface area contributed by atoms with Gasteiger partial charge in [-0.15, -0.1) is 0 Å². The van der Waals surface area contributed by atoms with Gasteiger partial charge in [0.2, 0.25) is 0 Å². The molecule has 1 N–H and O–H groups in total. The molecule has 1 aromatic rings. The second-order valence-corrected chi connectivity index (χ2v) is 5.79. The molecule has 0 spiro atoms. The summed E-state index contributed by atoms with van der Waals surface area (Å²) in [6.07, 6.45) is 3.71. The van der Waals surface area contributed by atoms with Crippen molar-refractivity contribution in [1.82, 2.24) is 5.32 Å². The topological polar surface area (TPSA) is 12.0 Å². The van der Waals surface area contributed by atoms with Crippen molar-refractivity contribution in [3.8, 4) is 0 Å². The molecule has 0 aliphatic carbocycles. The van der Waals surface area contributed by atoms with Crippen molar-refractivity contribution in [2.45, 2.75) is 39.2 Å². The summed E-state index contributed by atoms with van der Waals surface area (Å²) in [4.78, 5) is 0. The number of unbranched alkanes of at least 4 members (excludes halogenated alkanes) is 1. The zero-order valence-electron chi connectivity index (χ0n) is 9.89. The molecule has 0 aliphatic heterocycles. The molecule has 0 saturated heterocycles. The second kappa shape index (κ2) is 7.46. The van der Waals surface area contributed by atoms with Gasteiger partial charge in [-0.25, -0.2) is 0 Å².